The third-order valence-electron chi connectivity index (χ3n) is 5.87. The Balaban J connectivity index is 1.62. The van der Waals surface area contributed by atoms with Crippen LogP contribution in [0, 0.1) is 16.7 Å². The van der Waals surface area contributed by atoms with Gasteiger partial charge in [0.15, 0.2) is 0 Å². The van der Waals surface area contributed by atoms with Gasteiger partial charge in [-0.2, -0.15) is 0 Å². The first-order valence-electron chi connectivity index (χ1n) is 8.58. The lowest BCUT2D eigenvalue weighted by atomic mass is 9.65. The molecule has 2 heterocycles. The Hall–Kier alpha value is -0.580. The summed E-state index contributed by atoms with van der Waals surface area (Å²) < 4.78 is 23.0. The predicted octanol–water partition coefficient (Wildman–Crippen LogP) is 2.63. The SMILES string of the molecule is CC1(C)CC2CC(C)(CN2C(=O)CC2CCS(=O)(=O)CC2)C1. The zero-order chi connectivity index (χ0) is 16.2. The smallest absolute Gasteiger partial charge is 0.223 e. The quantitative estimate of drug-likeness (QED) is 0.783. The highest BCUT2D eigenvalue weighted by Gasteiger charge is 2.50. The van der Waals surface area contributed by atoms with E-state index >= 15 is 0 Å². The summed E-state index contributed by atoms with van der Waals surface area (Å²) in [7, 11) is -2.83. The molecule has 5 heteroatoms. The van der Waals surface area contributed by atoms with E-state index in [9.17, 15) is 13.2 Å². The lowest BCUT2D eigenvalue weighted by Crippen LogP contribution is -2.39. The molecule has 22 heavy (non-hydrogen) atoms. The summed E-state index contributed by atoms with van der Waals surface area (Å²) in [6, 6.07) is 0.397. The molecular formula is C17H29NO3S. The molecule has 3 aliphatic rings. The van der Waals surface area contributed by atoms with Gasteiger partial charge in [-0.05, 0) is 48.9 Å². The van der Waals surface area contributed by atoms with E-state index in [1.165, 1.54) is 6.42 Å². The number of nitrogens with zero attached hydrogens (tertiary/aromatic N) is 1. The average Bonchev–Trinajstić information content (AvgIpc) is 2.61. The molecule has 2 aliphatic heterocycles. The zero-order valence-corrected chi connectivity index (χ0v) is 14.9. The van der Waals surface area contributed by atoms with E-state index in [-0.39, 0.29) is 28.7 Å². The van der Waals surface area contributed by atoms with Gasteiger partial charge < -0.3 is 4.90 Å². The average molecular weight is 327 g/mol. The highest BCUT2D eigenvalue weighted by Crippen LogP contribution is 2.52. The summed E-state index contributed by atoms with van der Waals surface area (Å²) in [6.45, 7) is 7.85. The molecule has 0 aromatic heterocycles. The van der Waals surface area contributed by atoms with Gasteiger partial charge in [-0.15, -0.1) is 0 Å². The normalized spacial score (nSPS) is 37.2. The van der Waals surface area contributed by atoms with Crippen LogP contribution in [-0.4, -0.2) is 43.3 Å². The van der Waals surface area contributed by atoms with Gasteiger partial charge in [0, 0.05) is 19.0 Å². The third kappa shape index (κ3) is 3.34. The number of hydrogen-bond acceptors (Lipinski definition) is 3. The summed E-state index contributed by atoms with van der Waals surface area (Å²) in [5, 5.41) is 0. The molecule has 2 unspecified atom stereocenters. The summed E-state index contributed by atoms with van der Waals surface area (Å²) in [5.41, 5.74) is 0.601. The maximum absolute atomic E-state index is 12.7. The van der Waals surface area contributed by atoms with E-state index in [4.69, 9.17) is 0 Å². The van der Waals surface area contributed by atoms with E-state index in [2.05, 4.69) is 25.7 Å². The topological polar surface area (TPSA) is 54.5 Å². The van der Waals surface area contributed by atoms with Gasteiger partial charge in [-0.25, -0.2) is 8.42 Å². The van der Waals surface area contributed by atoms with Crippen LogP contribution in [0.3, 0.4) is 0 Å². The van der Waals surface area contributed by atoms with Crippen LogP contribution in [0.2, 0.25) is 0 Å². The Bertz CT molecular complexity index is 554. The lowest BCUT2D eigenvalue weighted by Gasteiger charge is -2.39. The maximum atomic E-state index is 12.7. The summed E-state index contributed by atoms with van der Waals surface area (Å²) >= 11 is 0. The van der Waals surface area contributed by atoms with Gasteiger partial charge in [0.1, 0.15) is 9.84 Å². The minimum atomic E-state index is -2.83. The van der Waals surface area contributed by atoms with Crippen LogP contribution in [0.25, 0.3) is 0 Å². The van der Waals surface area contributed by atoms with Crippen molar-refractivity contribution >= 4 is 15.7 Å². The van der Waals surface area contributed by atoms with Crippen molar-refractivity contribution in [2.75, 3.05) is 18.1 Å². The van der Waals surface area contributed by atoms with Gasteiger partial charge in [-0.1, -0.05) is 20.8 Å². The van der Waals surface area contributed by atoms with Crippen molar-refractivity contribution in [3.63, 3.8) is 0 Å². The molecular weight excluding hydrogens is 298 g/mol. The molecule has 3 rings (SSSR count). The fourth-order valence-electron chi connectivity index (χ4n) is 5.26. The minimum absolute atomic E-state index is 0.260. The van der Waals surface area contributed by atoms with Crippen LogP contribution in [0.1, 0.15) is 59.3 Å². The molecule has 1 aliphatic carbocycles. The Labute approximate surface area is 134 Å². The molecule has 126 valence electrons. The van der Waals surface area contributed by atoms with Crippen LogP contribution < -0.4 is 0 Å². The fraction of sp³-hybridized carbons (Fsp3) is 0.941. The van der Waals surface area contributed by atoms with Crippen molar-refractivity contribution in [2.45, 2.75) is 65.3 Å². The number of hydrogen-bond donors (Lipinski definition) is 0. The van der Waals surface area contributed by atoms with Gasteiger partial charge in [0.05, 0.1) is 11.5 Å². The second-order valence-electron chi connectivity index (χ2n) is 9.03. The number of fused-ring (bicyclic) bond motifs is 2. The summed E-state index contributed by atoms with van der Waals surface area (Å²) in [5.74, 6) is 1.05. The maximum Gasteiger partial charge on any atom is 0.223 e. The molecule has 0 aromatic carbocycles. The van der Waals surface area contributed by atoms with Crippen LogP contribution in [-0.2, 0) is 14.6 Å². The number of carbonyl (C=O) groups is 1. The Morgan fingerprint density at radius 3 is 2.41 bits per heavy atom. The van der Waals surface area contributed by atoms with Crippen molar-refractivity contribution in [2.24, 2.45) is 16.7 Å². The number of likely N-dealkylation sites (tertiary alicyclic amines) is 1. The van der Waals surface area contributed by atoms with E-state index < -0.39 is 9.84 Å². The number of sulfone groups is 1. The molecule has 4 nitrogen and oxygen atoms in total. The second kappa shape index (κ2) is 5.22. The monoisotopic (exact) mass is 327 g/mol. The molecule has 2 bridgehead atoms. The highest BCUT2D eigenvalue weighted by molar-refractivity contribution is 7.91. The van der Waals surface area contributed by atoms with Gasteiger partial charge in [-0.3, -0.25) is 4.79 Å². The Morgan fingerprint density at radius 1 is 1.14 bits per heavy atom. The van der Waals surface area contributed by atoms with Gasteiger partial charge >= 0.3 is 0 Å². The molecule has 0 spiro atoms. The zero-order valence-electron chi connectivity index (χ0n) is 14.1. The van der Waals surface area contributed by atoms with Crippen LogP contribution >= 0.6 is 0 Å². The first-order chi connectivity index (χ1) is 10.1. The van der Waals surface area contributed by atoms with E-state index in [1.807, 2.05) is 0 Å². The predicted molar refractivity (Wildman–Crippen MR) is 87.2 cm³/mol. The van der Waals surface area contributed by atoms with Crippen LogP contribution in [0.4, 0.5) is 0 Å². The largest absolute Gasteiger partial charge is 0.339 e. The van der Waals surface area contributed by atoms with Gasteiger partial charge in [0.25, 0.3) is 0 Å². The Kier molecular flexibility index (Phi) is 3.86. The summed E-state index contributed by atoms with van der Waals surface area (Å²) in [6.07, 6.45) is 5.31. The molecule has 2 atom stereocenters. The minimum Gasteiger partial charge on any atom is -0.339 e. The third-order valence-corrected chi connectivity index (χ3v) is 7.59. The molecule has 2 saturated heterocycles. The van der Waals surface area contributed by atoms with Crippen molar-refractivity contribution in [1.82, 2.24) is 4.90 Å². The standard InChI is InChI=1S/C17H29NO3S/c1-16(2)9-14-10-17(3,11-16)12-18(14)15(19)8-13-4-6-22(20,21)7-5-13/h13-14H,4-12H2,1-3H3. The Morgan fingerprint density at radius 2 is 1.77 bits per heavy atom. The molecule has 0 aromatic rings. The van der Waals surface area contributed by atoms with Crippen molar-refractivity contribution in [3.05, 3.63) is 0 Å². The first-order valence-corrected chi connectivity index (χ1v) is 10.4. The van der Waals surface area contributed by atoms with Crippen molar-refractivity contribution in [3.8, 4) is 0 Å². The second-order valence-corrected chi connectivity index (χ2v) is 11.3. The van der Waals surface area contributed by atoms with Crippen molar-refractivity contribution < 1.29 is 13.2 Å². The number of carbonyl (C=O) groups excluding carboxylic acids is 1. The number of amides is 1. The summed E-state index contributed by atoms with van der Waals surface area (Å²) in [4.78, 5) is 14.9. The van der Waals surface area contributed by atoms with Crippen LogP contribution in [0.15, 0.2) is 0 Å². The molecule has 1 saturated carbocycles. The van der Waals surface area contributed by atoms with E-state index in [1.54, 1.807) is 0 Å². The highest BCUT2D eigenvalue weighted by atomic mass is 32.2. The lowest BCUT2D eigenvalue weighted by molar-refractivity contribution is -0.133. The fourth-order valence-corrected chi connectivity index (χ4v) is 6.85. The molecule has 1 amide bonds. The molecule has 3 fully saturated rings. The first kappa shape index (κ1) is 16.3. The molecule has 0 radical (unpaired) electrons. The van der Waals surface area contributed by atoms with E-state index in [0.717, 1.165) is 19.4 Å². The van der Waals surface area contributed by atoms with Crippen molar-refractivity contribution in [1.29, 1.82) is 0 Å². The van der Waals surface area contributed by atoms with E-state index in [0.29, 0.717) is 30.7 Å². The van der Waals surface area contributed by atoms with Gasteiger partial charge in [0.2, 0.25) is 5.91 Å². The number of rotatable bonds is 2. The molecule has 0 N–H and O–H groups in total. The van der Waals surface area contributed by atoms with Crippen LogP contribution in [0.5, 0.6) is 0 Å².